The molecule has 7 heteroatoms. The summed E-state index contributed by atoms with van der Waals surface area (Å²) in [6, 6.07) is 11.9. The number of carbonyl (C=O) groups excluding carboxylic acids is 1. The second kappa shape index (κ2) is 7.08. The van der Waals surface area contributed by atoms with Crippen LogP contribution in [-0.2, 0) is 6.42 Å². The summed E-state index contributed by atoms with van der Waals surface area (Å²) in [4.78, 5) is 26.7. The maximum absolute atomic E-state index is 14.5. The van der Waals surface area contributed by atoms with Crippen molar-refractivity contribution in [2.45, 2.75) is 6.42 Å². The van der Waals surface area contributed by atoms with Gasteiger partial charge in [0.15, 0.2) is 0 Å². The van der Waals surface area contributed by atoms with Gasteiger partial charge in [-0.25, -0.2) is 9.49 Å². The number of halogens is 1. The zero-order chi connectivity index (χ0) is 20.0. The number of aromatic nitrogens is 2. The van der Waals surface area contributed by atoms with Gasteiger partial charge >= 0.3 is 0 Å². The van der Waals surface area contributed by atoms with Crippen molar-refractivity contribution in [3.05, 3.63) is 75.5 Å². The molecule has 2 aliphatic heterocycles. The Morgan fingerprint density at radius 1 is 1.10 bits per heavy atom. The molecule has 2 unspecified atom stereocenters. The molecule has 29 heavy (non-hydrogen) atoms. The number of H-pyrrole nitrogens is 1. The van der Waals surface area contributed by atoms with Crippen LogP contribution < -0.4 is 10.9 Å². The molecule has 148 valence electrons. The molecule has 1 aromatic heterocycles. The van der Waals surface area contributed by atoms with Crippen molar-refractivity contribution in [2.75, 3.05) is 26.2 Å². The second-order valence-electron chi connectivity index (χ2n) is 7.92. The molecule has 3 aromatic rings. The van der Waals surface area contributed by atoms with Crippen molar-refractivity contribution in [3.8, 4) is 0 Å². The monoisotopic (exact) mass is 392 g/mol. The van der Waals surface area contributed by atoms with Gasteiger partial charge in [-0.1, -0.05) is 24.3 Å². The van der Waals surface area contributed by atoms with Gasteiger partial charge < -0.3 is 10.2 Å². The molecule has 0 bridgehead atoms. The highest BCUT2D eigenvalue weighted by atomic mass is 19.1. The first-order valence-electron chi connectivity index (χ1n) is 9.85. The number of carbonyl (C=O) groups is 1. The first-order valence-corrected chi connectivity index (χ1v) is 9.85. The van der Waals surface area contributed by atoms with Crippen LogP contribution in [-0.4, -0.2) is 47.2 Å². The van der Waals surface area contributed by atoms with Crippen molar-refractivity contribution in [1.82, 2.24) is 20.4 Å². The van der Waals surface area contributed by atoms with Crippen molar-refractivity contribution in [3.63, 3.8) is 0 Å². The van der Waals surface area contributed by atoms with Crippen LogP contribution in [0.1, 0.15) is 21.6 Å². The molecule has 0 aliphatic carbocycles. The summed E-state index contributed by atoms with van der Waals surface area (Å²) >= 11 is 0. The SMILES string of the molecule is O=C(c1cc(Cc2n[nH]c(=O)c3ccccc23)ccc1F)N1CC2CNCC2C1. The van der Waals surface area contributed by atoms with Crippen LogP contribution in [0.4, 0.5) is 4.39 Å². The Morgan fingerprint density at radius 3 is 2.59 bits per heavy atom. The average Bonchev–Trinajstić information content (AvgIpc) is 3.33. The van der Waals surface area contributed by atoms with E-state index in [4.69, 9.17) is 0 Å². The van der Waals surface area contributed by atoms with Gasteiger partial charge in [-0.3, -0.25) is 9.59 Å². The molecule has 5 rings (SSSR count). The van der Waals surface area contributed by atoms with Gasteiger partial charge in [-0.2, -0.15) is 5.10 Å². The highest BCUT2D eigenvalue weighted by Gasteiger charge is 2.38. The number of nitrogens with one attached hydrogen (secondary N) is 2. The van der Waals surface area contributed by atoms with Crippen LogP contribution in [0.15, 0.2) is 47.3 Å². The number of likely N-dealkylation sites (tertiary alicyclic amines) is 1. The van der Waals surface area contributed by atoms with E-state index in [2.05, 4.69) is 15.5 Å². The molecule has 2 saturated heterocycles. The highest BCUT2D eigenvalue weighted by Crippen LogP contribution is 2.28. The van der Waals surface area contributed by atoms with Gasteiger partial charge in [0, 0.05) is 38.0 Å². The summed E-state index contributed by atoms with van der Waals surface area (Å²) in [6.45, 7) is 3.18. The van der Waals surface area contributed by atoms with Crippen molar-refractivity contribution < 1.29 is 9.18 Å². The summed E-state index contributed by atoms with van der Waals surface area (Å²) in [7, 11) is 0. The first kappa shape index (κ1) is 18.0. The maximum atomic E-state index is 14.5. The van der Waals surface area contributed by atoms with E-state index >= 15 is 0 Å². The average molecular weight is 392 g/mol. The fourth-order valence-electron chi connectivity index (χ4n) is 4.54. The Labute approximate surface area is 166 Å². The lowest BCUT2D eigenvalue weighted by atomic mass is 10.0. The number of hydrogen-bond acceptors (Lipinski definition) is 4. The molecule has 0 radical (unpaired) electrons. The molecule has 0 spiro atoms. The Morgan fingerprint density at radius 2 is 1.83 bits per heavy atom. The molecule has 2 aliphatic rings. The number of benzene rings is 2. The van der Waals surface area contributed by atoms with Crippen LogP contribution in [0.25, 0.3) is 10.8 Å². The van der Waals surface area contributed by atoms with E-state index in [1.54, 1.807) is 29.2 Å². The largest absolute Gasteiger partial charge is 0.338 e. The zero-order valence-corrected chi connectivity index (χ0v) is 15.8. The maximum Gasteiger partial charge on any atom is 0.272 e. The van der Waals surface area contributed by atoms with Crippen LogP contribution in [0.2, 0.25) is 0 Å². The summed E-state index contributed by atoms with van der Waals surface area (Å²) < 4.78 is 14.5. The minimum Gasteiger partial charge on any atom is -0.338 e. The fraction of sp³-hybridized carbons (Fsp3) is 0.318. The third-order valence-corrected chi connectivity index (χ3v) is 6.08. The third kappa shape index (κ3) is 3.21. The van der Waals surface area contributed by atoms with E-state index in [1.165, 1.54) is 6.07 Å². The summed E-state index contributed by atoms with van der Waals surface area (Å²) in [5.41, 5.74) is 1.32. The summed E-state index contributed by atoms with van der Waals surface area (Å²) in [5, 5.41) is 11.4. The number of fused-ring (bicyclic) bond motifs is 2. The number of hydrogen-bond donors (Lipinski definition) is 2. The molecule has 2 atom stereocenters. The zero-order valence-electron chi connectivity index (χ0n) is 15.8. The Hall–Kier alpha value is -3.06. The molecule has 2 fully saturated rings. The molecule has 3 heterocycles. The van der Waals surface area contributed by atoms with Crippen LogP contribution in [0.5, 0.6) is 0 Å². The summed E-state index contributed by atoms with van der Waals surface area (Å²) in [5.74, 6) is 0.162. The lowest BCUT2D eigenvalue weighted by Gasteiger charge is -2.18. The minimum atomic E-state index is -0.506. The molecule has 0 saturated carbocycles. The van der Waals surface area contributed by atoms with Crippen molar-refractivity contribution in [2.24, 2.45) is 11.8 Å². The highest BCUT2D eigenvalue weighted by molar-refractivity contribution is 5.95. The third-order valence-electron chi connectivity index (χ3n) is 6.08. The van der Waals surface area contributed by atoms with E-state index in [0.29, 0.717) is 42.4 Å². The molecule has 6 nitrogen and oxygen atoms in total. The predicted octanol–water partition coefficient (Wildman–Crippen LogP) is 1.94. The van der Waals surface area contributed by atoms with Crippen LogP contribution in [0.3, 0.4) is 0 Å². The van der Waals surface area contributed by atoms with Crippen molar-refractivity contribution >= 4 is 16.7 Å². The fourth-order valence-corrected chi connectivity index (χ4v) is 4.54. The Bertz CT molecular complexity index is 1150. The number of rotatable bonds is 3. The second-order valence-corrected chi connectivity index (χ2v) is 7.92. The van der Waals surface area contributed by atoms with E-state index < -0.39 is 5.82 Å². The molecular formula is C22H21FN4O2. The van der Waals surface area contributed by atoms with E-state index in [0.717, 1.165) is 24.0 Å². The number of amides is 1. The smallest absolute Gasteiger partial charge is 0.272 e. The van der Waals surface area contributed by atoms with Gasteiger partial charge in [0.05, 0.1) is 16.6 Å². The van der Waals surface area contributed by atoms with Crippen LogP contribution in [0, 0.1) is 17.7 Å². The standard InChI is InChI=1S/C22H21FN4O2/c23-19-6-5-13(8-20-16-3-1-2-4-17(16)21(28)26-25-20)7-18(19)22(29)27-11-14-9-24-10-15(14)12-27/h1-7,14-15,24H,8-12H2,(H,26,28). The van der Waals surface area contributed by atoms with Gasteiger partial charge in [-0.05, 0) is 35.6 Å². The topological polar surface area (TPSA) is 78.1 Å². The van der Waals surface area contributed by atoms with Gasteiger partial charge in [0.1, 0.15) is 5.82 Å². The quantitative estimate of drug-likeness (QED) is 0.714. The van der Waals surface area contributed by atoms with Gasteiger partial charge in [-0.15, -0.1) is 0 Å². The Balaban J connectivity index is 1.44. The molecule has 2 N–H and O–H groups in total. The normalized spacial score (nSPS) is 20.9. The van der Waals surface area contributed by atoms with Gasteiger partial charge in [0.25, 0.3) is 11.5 Å². The first-order chi connectivity index (χ1) is 14.1. The van der Waals surface area contributed by atoms with Crippen molar-refractivity contribution in [1.29, 1.82) is 0 Å². The summed E-state index contributed by atoms with van der Waals surface area (Å²) in [6.07, 6.45) is 0.396. The molecular weight excluding hydrogens is 371 g/mol. The number of aromatic amines is 1. The molecule has 1 amide bonds. The lowest BCUT2D eigenvalue weighted by molar-refractivity contribution is 0.0777. The van der Waals surface area contributed by atoms with E-state index in [9.17, 15) is 14.0 Å². The van der Waals surface area contributed by atoms with E-state index in [-0.39, 0.29) is 17.0 Å². The van der Waals surface area contributed by atoms with E-state index in [1.807, 2.05) is 12.1 Å². The number of nitrogens with zero attached hydrogens (tertiary/aromatic N) is 2. The predicted molar refractivity (Wildman–Crippen MR) is 107 cm³/mol. The minimum absolute atomic E-state index is 0.101. The Kier molecular flexibility index (Phi) is 4.39. The van der Waals surface area contributed by atoms with Gasteiger partial charge in [0.2, 0.25) is 0 Å². The lowest BCUT2D eigenvalue weighted by Crippen LogP contribution is -2.32. The van der Waals surface area contributed by atoms with Crippen LogP contribution >= 0.6 is 0 Å². The molecule has 2 aromatic carbocycles.